The lowest BCUT2D eigenvalue weighted by Gasteiger charge is -2.18. The van der Waals surface area contributed by atoms with Gasteiger partial charge in [0.1, 0.15) is 11.4 Å². The molecule has 5 rings (SSSR count). The minimum Gasteiger partial charge on any atom is -0.381 e. The van der Waals surface area contributed by atoms with Crippen molar-refractivity contribution in [3.8, 4) is 11.4 Å². The highest BCUT2D eigenvalue weighted by Gasteiger charge is 2.21. The van der Waals surface area contributed by atoms with Crippen LogP contribution < -0.4 is 10.9 Å². The van der Waals surface area contributed by atoms with E-state index in [1.54, 1.807) is 11.3 Å². The molecule has 1 aromatic carbocycles. The third-order valence-electron chi connectivity index (χ3n) is 5.88. The molecule has 4 heterocycles. The van der Waals surface area contributed by atoms with Gasteiger partial charge in [-0.25, -0.2) is 13.8 Å². The number of hydrogen-bond acceptors (Lipinski definition) is 5. The number of rotatable bonds is 5. The number of nitrogens with zero attached hydrogens (tertiary/aromatic N) is 2. The Kier molecular flexibility index (Phi) is 5.46. The number of hydrogen-bond donors (Lipinski definition) is 3. The molecule has 0 unspecified atom stereocenters. The van der Waals surface area contributed by atoms with E-state index in [4.69, 9.17) is 4.98 Å². The predicted octanol–water partition coefficient (Wildman–Crippen LogP) is 4.62. The average Bonchev–Trinajstić information content (AvgIpc) is 3.30. The second-order valence-corrected chi connectivity index (χ2v) is 9.50. The number of H-pyrrole nitrogens is 2. The molecule has 32 heavy (non-hydrogen) atoms. The Morgan fingerprint density at radius 3 is 2.62 bits per heavy atom. The molecule has 0 saturated carbocycles. The molecule has 9 heteroatoms. The summed E-state index contributed by atoms with van der Waals surface area (Å²) in [6, 6.07) is 6.14. The summed E-state index contributed by atoms with van der Waals surface area (Å²) in [5, 5.41) is 5.39. The summed E-state index contributed by atoms with van der Waals surface area (Å²) in [6.45, 7) is 5.11. The van der Waals surface area contributed by atoms with E-state index in [-0.39, 0.29) is 18.1 Å². The van der Waals surface area contributed by atoms with Crippen molar-refractivity contribution in [1.29, 1.82) is 0 Å². The zero-order valence-corrected chi connectivity index (χ0v) is 18.8. The van der Waals surface area contributed by atoms with Crippen LogP contribution in [0.15, 0.2) is 28.4 Å². The summed E-state index contributed by atoms with van der Waals surface area (Å²) in [7, 11) is 0. The zero-order valence-electron chi connectivity index (χ0n) is 18.0. The van der Waals surface area contributed by atoms with Crippen molar-refractivity contribution in [2.75, 3.05) is 25.0 Å². The third kappa shape index (κ3) is 3.91. The normalized spacial score (nSPS) is 15.1. The van der Waals surface area contributed by atoms with Crippen LogP contribution in [0.3, 0.4) is 0 Å². The summed E-state index contributed by atoms with van der Waals surface area (Å²) < 4.78 is 26.6. The maximum Gasteiger partial charge on any atom is 0.261 e. The summed E-state index contributed by atoms with van der Waals surface area (Å²) >= 11 is 1.58. The monoisotopic (exact) mass is 457 g/mol. The molecule has 6 nitrogen and oxygen atoms in total. The Bertz CT molecular complexity index is 1290. The van der Waals surface area contributed by atoms with Crippen LogP contribution in [0.5, 0.6) is 0 Å². The Labute approximate surface area is 187 Å². The third-order valence-corrected chi connectivity index (χ3v) is 6.81. The Hall–Kier alpha value is -2.78. The van der Waals surface area contributed by atoms with Gasteiger partial charge in [0.25, 0.3) is 12.0 Å². The van der Waals surface area contributed by atoms with Gasteiger partial charge in [0, 0.05) is 19.1 Å². The molecule has 168 valence electrons. The number of aromatic nitrogens is 3. The smallest absolute Gasteiger partial charge is 0.261 e. The van der Waals surface area contributed by atoms with Crippen molar-refractivity contribution in [1.82, 2.24) is 19.9 Å². The molecule has 0 fully saturated rings. The second-order valence-electron chi connectivity index (χ2n) is 8.58. The first-order chi connectivity index (χ1) is 15.4. The van der Waals surface area contributed by atoms with Gasteiger partial charge >= 0.3 is 0 Å². The highest BCUT2D eigenvalue weighted by atomic mass is 32.1. The number of imidazole rings is 1. The van der Waals surface area contributed by atoms with E-state index in [0.29, 0.717) is 37.3 Å². The second kappa shape index (κ2) is 8.29. The molecule has 3 N–H and O–H groups in total. The summed E-state index contributed by atoms with van der Waals surface area (Å²) in [5.41, 5.74) is 5.82. The van der Waals surface area contributed by atoms with Crippen LogP contribution in [-0.2, 0) is 12.8 Å². The van der Waals surface area contributed by atoms with E-state index in [1.807, 2.05) is 36.3 Å². The van der Waals surface area contributed by atoms with Crippen LogP contribution in [0, 0.1) is 0 Å². The number of anilines is 1. The zero-order chi connectivity index (χ0) is 22.4. The van der Waals surface area contributed by atoms with Crippen LogP contribution in [0.25, 0.3) is 32.6 Å². The van der Waals surface area contributed by atoms with E-state index in [0.717, 1.165) is 38.1 Å². The number of alkyl halides is 2. The lowest BCUT2D eigenvalue weighted by Crippen LogP contribution is -2.31. The quantitative estimate of drug-likeness (QED) is 0.409. The molecular weight excluding hydrogens is 432 g/mol. The number of aromatic amines is 2. The molecule has 0 saturated heterocycles. The topological polar surface area (TPSA) is 76.8 Å². The van der Waals surface area contributed by atoms with E-state index in [9.17, 15) is 13.6 Å². The van der Waals surface area contributed by atoms with Crippen molar-refractivity contribution in [2.24, 2.45) is 0 Å². The van der Waals surface area contributed by atoms with Crippen molar-refractivity contribution < 1.29 is 8.78 Å². The molecule has 0 spiro atoms. The maximum atomic E-state index is 13.0. The Morgan fingerprint density at radius 1 is 1.16 bits per heavy atom. The highest BCUT2D eigenvalue weighted by Crippen LogP contribution is 2.34. The molecule has 0 bridgehead atoms. The lowest BCUT2D eigenvalue weighted by molar-refractivity contribution is 0.0904. The van der Waals surface area contributed by atoms with Gasteiger partial charge in [-0.05, 0) is 61.4 Å². The molecule has 3 aromatic heterocycles. The maximum absolute atomic E-state index is 13.0. The number of thiophene rings is 1. The molecule has 0 radical (unpaired) electrons. The van der Waals surface area contributed by atoms with Gasteiger partial charge in [-0.15, -0.1) is 11.3 Å². The van der Waals surface area contributed by atoms with Gasteiger partial charge in [-0.3, -0.25) is 9.69 Å². The Morgan fingerprint density at radius 2 is 1.91 bits per heavy atom. The van der Waals surface area contributed by atoms with E-state index < -0.39 is 6.43 Å². The van der Waals surface area contributed by atoms with Crippen molar-refractivity contribution in [2.45, 2.75) is 39.2 Å². The van der Waals surface area contributed by atoms with Crippen molar-refractivity contribution in [3.63, 3.8) is 0 Å². The lowest BCUT2D eigenvalue weighted by atomic mass is 10.0. The van der Waals surface area contributed by atoms with Crippen LogP contribution in [0.2, 0.25) is 0 Å². The van der Waals surface area contributed by atoms with E-state index in [1.165, 1.54) is 0 Å². The fourth-order valence-electron chi connectivity index (χ4n) is 4.44. The van der Waals surface area contributed by atoms with Gasteiger partial charge < -0.3 is 15.3 Å². The van der Waals surface area contributed by atoms with Crippen molar-refractivity contribution in [3.05, 3.63) is 45.1 Å². The number of fused-ring (bicyclic) bond motifs is 3. The first kappa shape index (κ1) is 21.1. The number of benzene rings is 1. The van der Waals surface area contributed by atoms with E-state index in [2.05, 4.69) is 21.4 Å². The Balaban J connectivity index is 1.57. The largest absolute Gasteiger partial charge is 0.381 e. The van der Waals surface area contributed by atoms with Crippen molar-refractivity contribution >= 4 is 38.3 Å². The molecule has 0 atom stereocenters. The van der Waals surface area contributed by atoms with Gasteiger partial charge in [-0.1, -0.05) is 0 Å². The van der Waals surface area contributed by atoms with Gasteiger partial charge in [-0.2, -0.15) is 0 Å². The first-order valence-electron chi connectivity index (χ1n) is 10.8. The summed E-state index contributed by atoms with van der Waals surface area (Å²) in [6.07, 6.45) is -0.890. The van der Waals surface area contributed by atoms with Gasteiger partial charge in [0.2, 0.25) is 0 Å². The minimum atomic E-state index is -2.32. The van der Waals surface area contributed by atoms with Crippen LogP contribution in [-0.4, -0.2) is 52.0 Å². The fourth-order valence-corrected chi connectivity index (χ4v) is 5.31. The molecule has 4 aromatic rings. The van der Waals surface area contributed by atoms with Crippen LogP contribution in [0.4, 0.5) is 14.5 Å². The standard InChI is InChI=1S/C23H25F2N5OS/c1-12(2)26-20-19(23(31)29-15-5-8-32-21(15)20)22-27-16-9-13-3-6-30(11-18(24)25)7-4-14(13)10-17(16)28-22/h5,8-10,12,18H,3-4,6-7,11H2,1-2H3,(H,27,28)(H2,26,29,31). The molecule has 0 aliphatic carbocycles. The minimum absolute atomic E-state index is 0.150. The molecule has 0 amide bonds. The van der Waals surface area contributed by atoms with Crippen LogP contribution in [0.1, 0.15) is 25.0 Å². The highest BCUT2D eigenvalue weighted by molar-refractivity contribution is 7.17. The predicted molar refractivity (Wildman–Crippen MR) is 126 cm³/mol. The average molecular weight is 458 g/mol. The van der Waals surface area contributed by atoms with Gasteiger partial charge in [0.15, 0.2) is 0 Å². The molecule has 1 aliphatic heterocycles. The SMILES string of the molecule is CC(C)Nc1c(-c2nc3cc4c(cc3[nH]2)CCN(CC(F)F)CC4)c(=O)[nH]c2ccsc12. The molecular formula is C23H25F2N5OS. The van der Waals surface area contributed by atoms with Crippen LogP contribution >= 0.6 is 11.3 Å². The first-order valence-corrected chi connectivity index (χ1v) is 11.7. The summed E-state index contributed by atoms with van der Waals surface area (Å²) in [5.74, 6) is 0.527. The number of pyridine rings is 1. The van der Waals surface area contributed by atoms with E-state index >= 15 is 0 Å². The summed E-state index contributed by atoms with van der Waals surface area (Å²) in [4.78, 5) is 25.9. The fraction of sp³-hybridized carbons (Fsp3) is 0.391. The molecule has 1 aliphatic rings. The number of halogens is 2. The number of nitrogens with one attached hydrogen (secondary N) is 3. The van der Waals surface area contributed by atoms with Gasteiger partial charge in [0.05, 0.1) is 33.5 Å².